The Morgan fingerprint density at radius 2 is 2.07 bits per heavy atom. The second-order valence-electron chi connectivity index (χ2n) is 6.50. The summed E-state index contributed by atoms with van der Waals surface area (Å²) in [5, 5.41) is 21.3. The van der Waals surface area contributed by atoms with E-state index < -0.39 is 29.2 Å². The van der Waals surface area contributed by atoms with Gasteiger partial charge >= 0.3 is 5.97 Å². The number of fused-ring (bicyclic) bond motifs is 1. The molecular formula is C18H15ClN4O4S3. The topological polar surface area (TPSA) is 112 Å². The van der Waals surface area contributed by atoms with Crippen molar-refractivity contribution >= 4 is 64.2 Å². The first-order valence-corrected chi connectivity index (χ1v) is 12.0. The number of rotatable bonds is 6. The first-order valence-electron chi connectivity index (χ1n) is 8.74. The number of hydrogen-bond donors (Lipinski definition) is 2. The molecule has 2 aliphatic heterocycles. The standard InChI is InChI=1S/C18H15ClN4O4S3/c1-8-21-22-18(30-8)29-7-10-6-28-16-12(15(25)23(16)13(10)17(26)27)20-14(24)9-2-4-11(19)5-3-9/h2-5,12,16H,6-7H2,1H3,(H,20,24)(H,26,27)/t12-,16-/m0/s1. The molecule has 0 spiro atoms. The number of β-lactam (4-membered cyclic amide) rings is 1. The summed E-state index contributed by atoms with van der Waals surface area (Å²) in [6, 6.07) is 5.55. The van der Waals surface area contributed by atoms with Crippen LogP contribution in [0.15, 0.2) is 39.9 Å². The number of aromatic nitrogens is 2. The van der Waals surface area contributed by atoms with Crippen molar-refractivity contribution in [2.24, 2.45) is 0 Å². The molecule has 30 heavy (non-hydrogen) atoms. The number of carboxylic acid groups (broad SMARTS) is 1. The molecule has 1 saturated heterocycles. The normalized spacial score (nSPS) is 20.6. The highest BCUT2D eigenvalue weighted by molar-refractivity contribution is 8.01. The first kappa shape index (κ1) is 21.2. The molecule has 1 aromatic carbocycles. The van der Waals surface area contributed by atoms with Crippen LogP contribution in [0.3, 0.4) is 0 Å². The van der Waals surface area contributed by atoms with E-state index in [2.05, 4.69) is 15.5 Å². The maximum Gasteiger partial charge on any atom is 0.352 e. The summed E-state index contributed by atoms with van der Waals surface area (Å²) in [6.45, 7) is 1.85. The van der Waals surface area contributed by atoms with Crippen LogP contribution in [-0.2, 0) is 9.59 Å². The smallest absolute Gasteiger partial charge is 0.352 e. The third kappa shape index (κ3) is 4.07. The summed E-state index contributed by atoms with van der Waals surface area (Å²) in [6.07, 6.45) is 0. The van der Waals surface area contributed by atoms with Crippen LogP contribution in [0, 0.1) is 6.92 Å². The van der Waals surface area contributed by atoms with Crippen molar-refractivity contribution in [3.05, 3.63) is 51.1 Å². The van der Waals surface area contributed by atoms with Gasteiger partial charge in [-0.25, -0.2) is 4.79 Å². The van der Waals surface area contributed by atoms with E-state index in [9.17, 15) is 19.5 Å². The fourth-order valence-corrected chi connectivity index (χ4v) is 6.53. The van der Waals surface area contributed by atoms with Crippen LogP contribution in [0.1, 0.15) is 15.4 Å². The van der Waals surface area contributed by atoms with Gasteiger partial charge in [-0.1, -0.05) is 34.7 Å². The summed E-state index contributed by atoms with van der Waals surface area (Å²) in [4.78, 5) is 38.3. The highest BCUT2D eigenvalue weighted by atomic mass is 35.5. The van der Waals surface area contributed by atoms with Gasteiger partial charge in [-0.3, -0.25) is 14.5 Å². The average Bonchev–Trinajstić information content (AvgIpc) is 3.15. The van der Waals surface area contributed by atoms with Gasteiger partial charge in [0.05, 0.1) is 0 Å². The lowest BCUT2D eigenvalue weighted by Gasteiger charge is -2.49. The summed E-state index contributed by atoms with van der Waals surface area (Å²) in [5.74, 6) is -1.13. The minimum atomic E-state index is -1.15. The van der Waals surface area contributed by atoms with Crippen molar-refractivity contribution in [3.63, 3.8) is 0 Å². The van der Waals surface area contributed by atoms with Gasteiger partial charge in [0.25, 0.3) is 11.8 Å². The first-order chi connectivity index (χ1) is 14.3. The van der Waals surface area contributed by atoms with Crippen LogP contribution < -0.4 is 5.32 Å². The lowest BCUT2D eigenvalue weighted by Crippen LogP contribution is -2.70. The maximum absolute atomic E-state index is 12.7. The zero-order valence-electron chi connectivity index (χ0n) is 15.5. The van der Waals surface area contributed by atoms with Crippen LogP contribution in [0.4, 0.5) is 0 Å². The molecular weight excluding hydrogens is 468 g/mol. The Bertz CT molecular complexity index is 1060. The van der Waals surface area contributed by atoms with E-state index in [1.807, 2.05) is 6.92 Å². The molecule has 4 rings (SSSR count). The number of halogens is 1. The Hall–Kier alpha value is -2.08. The Labute approximate surface area is 189 Å². The molecule has 156 valence electrons. The van der Waals surface area contributed by atoms with Crippen LogP contribution in [0.2, 0.25) is 5.02 Å². The van der Waals surface area contributed by atoms with Crippen molar-refractivity contribution in [2.45, 2.75) is 22.7 Å². The van der Waals surface area contributed by atoms with Gasteiger partial charge in [-0.05, 0) is 36.8 Å². The molecule has 1 aromatic heterocycles. The van der Waals surface area contributed by atoms with E-state index in [1.165, 1.54) is 39.8 Å². The van der Waals surface area contributed by atoms with Crippen LogP contribution in [0.5, 0.6) is 0 Å². The molecule has 0 radical (unpaired) electrons. The lowest BCUT2D eigenvalue weighted by molar-refractivity contribution is -0.148. The fraction of sp³-hybridized carbons (Fsp3) is 0.278. The molecule has 0 bridgehead atoms. The van der Waals surface area contributed by atoms with E-state index in [1.54, 1.807) is 24.3 Å². The summed E-state index contributed by atoms with van der Waals surface area (Å²) >= 11 is 10.1. The van der Waals surface area contributed by atoms with E-state index in [0.717, 1.165) is 9.35 Å². The van der Waals surface area contributed by atoms with Gasteiger partial charge in [0.15, 0.2) is 4.34 Å². The fourth-order valence-electron chi connectivity index (χ4n) is 3.11. The lowest BCUT2D eigenvalue weighted by atomic mass is 10.0. The molecule has 0 aliphatic carbocycles. The highest BCUT2D eigenvalue weighted by Gasteiger charge is 2.54. The van der Waals surface area contributed by atoms with Crippen molar-refractivity contribution in [2.75, 3.05) is 11.5 Å². The third-order valence-electron chi connectivity index (χ3n) is 4.52. The summed E-state index contributed by atoms with van der Waals surface area (Å²) in [7, 11) is 0. The quantitative estimate of drug-likeness (QED) is 0.477. The minimum absolute atomic E-state index is 0.00511. The molecule has 2 N–H and O–H groups in total. The molecule has 1 fully saturated rings. The van der Waals surface area contributed by atoms with Gasteiger partial charge in [0, 0.05) is 22.1 Å². The van der Waals surface area contributed by atoms with Gasteiger partial charge in [0.2, 0.25) is 0 Å². The second-order valence-corrected chi connectivity index (χ2v) is 10.4. The van der Waals surface area contributed by atoms with Crippen LogP contribution in [0.25, 0.3) is 0 Å². The number of nitrogens with zero attached hydrogens (tertiary/aromatic N) is 3. The largest absolute Gasteiger partial charge is 0.477 e. The number of thioether (sulfide) groups is 2. The predicted octanol–water partition coefficient (Wildman–Crippen LogP) is 2.64. The molecule has 2 atom stereocenters. The molecule has 3 heterocycles. The number of carbonyl (C=O) groups is 3. The number of amides is 2. The monoisotopic (exact) mass is 482 g/mol. The zero-order chi connectivity index (χ0) is 21.4. The number of hydrogen-bond acceptors (Lipinski definition) is 8. The third-order valence-corrected chi connectivity index (χ3v) is 8.17. The summed E-state index contributed by atoms with van der Waals surface area (Å²) in [5.41, 5.74) is 1.02. The highest BCUT2D eigenvalue weighted by Crippen LogP contribution is 2.41. The summed E-state index contributed by atoms with van der Waals surface area (Å²) < 4.78 is 0.750. The molecule has 0 saturated carbocycles. The molecule has 0 unspecified atom stereocenters. The van der Waals surface area contributed by atoms with Crippen LogP contribution in [-0.4, -0.2) is 60.9 Å². The van der Waals surface area contributed by atoms with Crippen molar-refractivity contribution in [3.8, 4) is 0 Å². The molecule has 2 amide bonds. The predicted molar refractivity (Wildman–Crippen MR) is 116 cm³/mol. The van der Waals surface area contributed by atoms with Crippen molar-refractivity contribution in [1.82, 2.24) is 20.4 Å². The molecule has 2 aromatic rings. The number of aryl methyl sites for hydroxylation is 1. The Morgan fingerprint density at radius 1 is 1.33 bits per heavy atom. The number of nitrogens with one attached hydrogen (secondary N) is 1. The number of carboxylic acids is 1. The Balaban J connectivity index is 1.47. The van der Waals surface area contributed by atoms with Gasteiger partial charge < -0.3 is 10.4 Å². The SMILES string of the molecule is Cc1nnc(SCC2=C(C(=O)O)N3C(=O)[C@H](NC(=O)c4ccc(Cl)cc4)[C@@H]3SC2)s1. The van der Waals surface area contributed by atoms with E-state index in [-0.39, 0.29) is 5.70 Å². The average molecular weight is 483 g/mol. The maximum atomic E-state index is 12.7. The zero-order valence-corrected chi connectivity index (χ0v) is 18.7. The second kappa shape index (κ2) is 8.58. The number of carbonyl (C=O) groups excluding carboxylic acids is 2. The Morgan fingerprint density at radius 3 is 2.70 bits per heavy atom. The Kier molecular flexibility index (Phi) is 6.05. The van der Waals surface area contributed by atoms with Gasteiger partial charge in [0.1, 0.15) is 22.1 Å². The van der Waals surface area contributed by atoms with Gasteiger partial charge in [-0.15, -0.1) is 22.0 Å². The van der Waals surface area contributed by atoms with E-state index >= 15 is 0 Å². The number of benzene rings is 1. The molecule has 2 aliphatic rings. The molecule has 12 heteroatoms. The van der Waals surface area contributed by atoms with Crippen LogP contribution >= 0.6 is 46.5 Å². The molecule has 8 nitrogen and oxygen atoms in total. The van der Waals surface area contributed by atoms with Gasteiger partial charge in [-0.2, -0.15) is 0 Å². The van der Waals surface area contributed by atoms with Crippen molar-refractivity contribution < 1.29 is 19.5 Å². The minimum Gasteiger partial charge on any atom is -0.477 e. The van der Waals surface area contributed by atoms with E-state index in [0.29, 0.717) is 27.7 Å². The van der Waals surface area contributed by atoms with Crippen molar-refractivity contribution in [1.29, 1.82) is 0 Å². The van der Waals surface area contributed by atoms with E-state index in [4.69, 9.17) is 11.6 Å². The number of aliphatic carboxylic acids is 1.